The third-order valence-electron chi connectivity index (χ3n) is 3.15. The van der Waals surface area contributed by atoms with Crippen LogP contribution in [0.3, 0.4) is 0 Å². The maximum atomic E-state index is 12.6. The van der Waals surface area contributed by atoms with Crippen LogP contribution < -0.4 is 10.3 Å². The molecule has 4 nitrogen and oxygen atoms in total. The molecule has 0 atom stereocenters. The van der Waals surface area contributed by atoms with E-state index >= 15 is 0 Å². The number of H-pyrrole nitrogens is 1. The summed E-state index contributed by atoms with van der Waals surface area (Å²) in [6.45, 7) is 0. The molecule has 8 heteroatoms. The van der Waals surface area contributed by atoms with E-state index in [0.717, 1.165) is 18.2 Å². The lowest BCUT2D eigenvalue weighted by Gasteiger charge is -2.11. The minimum Gasteiger partial charge on any atom is -0.456 e. The van der Waals surface area contributed by atoms with Crippen LogP contribution in [0.15, 0.2) is 57.8 Å². The van der Waals surface area contributed by atoms with E-state index in [1.54, 1.807) is 24.3 Å². The minimum atomic E-state index is -4.47. The highest BCUT2D eigenvalue weighted by Gasteiger charge is 2.31. The minimum absolute atomic E-state index is 0.102. The molecule has 1 N–H and O–H groups in total. The second-order valence-corrected chi connectivity index (χ2v) is 5.25. The van der Waals surface area contributed by atoms with Gasteiger partial charge < -0.3 is 9.26 Å². The summed E-state index contributed by atoms with van der Waals surface area (Å²) in [4.78, 5) is 11.0. The van der Waals surface area contributed by atoms with Crippen LogP contribution in [0.25, 0.3) is 11.3 Å². The van der Waals surface area contributed by atoms with Crippen molar-refractivity contribution in [2.75, 3.05) is 0 Å². The number of aromatic amines is 1. The molecule has 0 aliphatic heterocycles. The number of alkyl halides is 3. The average Bonchev–Trinajstić information content (AvgIpc) is 2.95. The van der Waals surface area contributed by atoms with Gasteiger partial charge in [-0.15, -0.1) is 0 Å². The molecule has 1 aromatic heterocycles. The monoisotopic (exact) mass is 355 g/mol. The molecule has 0 amide bonds. The second kappa shape index (κ2) is 6.09. The van der Waals surface area contributed by atoms with Gasteiger partial charge in [0.05, 0.1) is 16.7 Å². The van der Waals surface area contributed by atoms with Crippen LogP contribution in [-0.2, 0) is 6.18 Å². The maximum absolute atomic E-state index is 12.6. The molecule has 0 unspecified atom stereocenters. The van der Waals surface area contributed by atoms with Gasteiger partial charge in [-0.25, -0.2) is 0 Å². The smallest absolute Gasteiger partial charge is 0.416 e. The number of benzene rings is 2. The van der Waals surface area contributed by atoms with E-state index in [0.29, 0.717) is 17.1 Å². The quantitative estimate of drug-likeness (QED) is 0.711. The zero-order valence-corrected chi connectivity index (χ0v) is 12.6. The highest BCUT2D eigenvalue weighted by molar-refractivity contribution is 6.32. The Hall–Kier alpha value is -2.67. The number of hydrogen-bond donors (Lipinski definition) is 1. The first kappa shape index (κ1) is 16.2. The van der Waals surface area contributed by atoms with Gasteiger partial charge >= 0.3 is 6.18 Å². The van der Waals surface area contributed by atoms with Gasteiger partial charge in [0.2, 0.25) is 0 Å². The van der Waals surface area contributed by atoms with E-state index in [2.05, 4.69) is 5.16 Å². The summed E-state index contributed by atoms with van der Waals surface area (Å²) in [5.41, 5.74) is -0.571. The van der Waals surface area contributed by atoms with Crippen molar-refractivity contribution < 1.29 is 22.4 Å². The largest absolute Gasteiger partial charge is 0.456 e. The number of hydrogen-bond acceptors (Lipinski definition) is 3. The molecule has 3 rings (SSSR count). The summed E-state index contributed by atoms with van der Waals surface area (Å²) < 4.78 is 48.2. The van der Waals surface area contributed by atoms with Gasteiger partial charge in [-0.3, -0.25) is 4.79 Å². The Morgan fingerprint density at radius 3 is 2.29 bits per heavy atom. The predicted octanol–water partition coefficient (Wildman–Crippen LogP) is 5.10. The zero-order valence-electron chi connectivity index (χ0n) is 11.9. The molecule has 0 saturated carbocycles. The van der Waals surface area contributed by atoms with E-state index < -0.39 is 11.7 Å². The number of rotatable bonds is 3. The van der Waals surface area contributed by atoms with E-state index in [1.165, 1.54) is 6.07 Å². The van der Waals surface area contributed by atoms with Crippen LogP contribution >= 0.6 is 11.6 Å². The number of aromatic nitrogens is 1. The van der Waals surface area contributed by atoms with Crippen molar-refractivity contribution in [2.24, 2.45) is 0 Å². The van der Waals surface area contributed by atoms with Crippen molar-refractivity contribution in [1.82, 2.24) is 5.16 Å². The van der Waals surface area contributed by atoms with Crippen LogP contribution in [0, 0.1) is 0 Å². The zero-order chi connectivity index (χ0) is 17.3. The van der Waals surface area contributed by atoms with Gasteiger partial charge in [-0.05, 0) is 42.5 Å². The Bertz CT molecular complexity index is 913. The Morgan fingerprint density at radius 2 is 1.75 bits per heavy atom. The van der Waals surface area contributed by atoms with Gasteiger partial charge in [0.15, 0.2) is 5.76 Å². The van der Waals surface area contributed by atoms with Crippen molar-refractivity contribution in [3.63, 3.8) is 0 Å². The van der Waals surface area contributed by atoms with E-state index in [4.69, 9.17) is 20.9 Å². The molecule has 2 aromatic carbocycles. The molecular weight excluding hydrogens is 347 g/mol. The molecule has 0 aliphatic carbocycles. The van der Waals surface area contributed by atoms with E-state index in [9.17, 15) is 18.0 Å². The van der Waals surface area contributed by atoms with Crippen molar-refractivity contribution in [3.05, 3.63) is 69.5 Å². The van der Waals surface area contributed by atoms with Crippen LogP contribution in [0.1, 0.15) is 5.56 Å². The standard InChI is InChI=1S/C16H9ClF3NO3/c17-12-7-10(16(18,19)20)3-6-13(12)23-11-4-1-9(2-5-11)14-8-15(22)21-24-14/h1-8H,(H,21,22). The summed E-state index contributed by atoms with van der Waals surface area (Å²) in [6.07, 6.45) is -4.47. The molecule has 0 spiro atoms. The van der Waals surface area contributed by atoms with Gasteiger partial charge in [-0.1, -0.05) is 11.6 Å². The van der Waals surface area contributed by atoms with Gasteiger partial charge in [0, 0.05) is 5.56 Å². The topological polar surface area (TPSA) is 55.2 Å². The Balaban J connectivity index is 1.80. The second-order valence-electron chi connectivity index (χ2n) is 4.85. The van der Waals surface area contributed by atoms with Gasteiger partial charge in [0.1, 0.15) is 11.5 Å². The summed E-state index contributed by atoms with van der Waals surface area (Å²) in [5, 5.41) is 2.03. The van der Waals surface area contributed by atoms with Crippen LogP contribution in [0.4, 0.5) is 13.2 Å². The summed E-state index contributed by atoms with van der Waals surface area (Å²) in [6, 6.07) is 10.6. The van der Waals surface area contributed by atoms with Crippen LogP contribution in [0.2, 0.25) is 5.02 Å². The van der Waals surface area contributed by atoms with Crippen LogP contribution in [0.5, 0.6) is 11.5 Å². The first-order chi connectivity index (χ1) is 11.3. The summed E-state index contributed by atoms with van der Waals surface area (Å²) in [7, 11) is 0. The third-order valence-corrected chi connectivity index (χ3v) is 3.44. The lowest BCUT2D eigenvalue weighted by molar-refractivity contribution is -0.137. The van der Waals surface area contributed by atoms with Gasteiger partial charge in [-0.2, -0.15) is 18.3 Å². The Morgan fingerprint density at radius 1 is 1.04 bits per heavy atom. The van der Waals surface area contributed by atoms with Crippen molar-refractivity contribution in [2.45, 2.75) is 6.18 Å². The molecule has 24 heavy (non-hydrogen) atoms. The number of nitrogens with one attached hydrogen (secondary N) is 1. The molecular formula is C16H9ClF3NO3. The molecule has 3 aromatic rings. The Kier molecular flexibility index (Phi) is 4.11. The average molecular weight is 356 g/mol. The normalized spacial score (nSPS) is 11.5. The lowest BCUT2D eigenvalue weighted by atomic mass is 10.1. The highest BCUT2D eigenvalue weighted by atomic mass is 35.5. The maximum Gasteiger partial charge on any atom is 0.416 e. The molecule has 0 saturated heterocycles. The van der Waals surface area contributed by atoms with Crippen molar-refractivity contribution in [1.29, 1.82) is 0 Å². The molecule has 1 heterocycles. The van der Waals surface area contributed by atoms with E-state index in [1.807, 2.05) is 0 Å². The predicted molar refractivity (Wildman–Crippen MR) is 81.3 cm³/mol. The van der Waals surface area contributed by atoms with Crippen LogP contribution in [-0.4, -0.2) is 5.16 Å². The van der Waals surface area contributed by atoms with E-state index in [-0.39, 0.29) is 16.3 Å². The third kappa shape index (κ3) is 3.46. The summed E-state index contributed by atoms with van der Waals surface area (Å²) >= 11 is 5.84. The number of ether oxygens (including phenoxy) is 1. The molecule has 0 fully saturated rings. The molecule has 0 aliphatic rings. The fourth-order valence-corrected chi connectivity index (χ4v) is 2.22. The van der Waals surface area contributed by atoms with Gasteiger partial charge in [0.25, 0.3) is 5.56 Å². The fourth-order valence-electron chi connectivity index (χ4n) is 2.00. The summed E-state index contributed by atoms with van der Waals surface area (Å²) in [5.74, 6) is 0.836. The highest BCUT2D eigenvalue weighted by Crippen LogP contribution is 2.36. The number of halogens is 4. The molecule has 0 radical (unpaired) electrons. The first-order valence-electron chi connectivity index (χ1n) is 6.66. The SMILES string of the molecule is O=c1cc(-c2ccc(Oc3ccc(C(F)(F)F)cc3Cl)cc2)o[nH]1. The first-order valence-corrected chi connectivity index (χ1v) is 7.04. The lowest BCUT2D eigenvalue weighted by Crippen LogP contribution is -2.04. The van der Waals surface area contributed by atoms with Crippen molar-refractivity contribution in [3.8, 4) is 22.8 Å². The Labute approximate surface area is 138 Å². The molecule has 0 bridgehead atoms. The van der Waals surface area contributed by atoms with Crippen molar-refractivity contribution >= 4 is 11.6 Å². The molecule has 124 valence electrons. The fraction of sp³-hybridized carbons (Fsp3) is 0.0625.